The maximum atomic E-state index is 6.11. The average molecular weight is 267 g/mol. The minimum absolute atomic E-state index is 0.192. The van der Waals surface area contributed by atoms with Crippen LogP contribution < -0.4 is 5.73 Å². The molecular weight excluding hydrogens is 256 g/mol. The first-order valence-corrected chi connectivity index (χ1v) is 5.31. The molecule has 15 heavy (non-hydrogen) atoms. The maximum Gasteiger partial charge on any atom is 0.0738 e. The zero-order valence-corrected chi connectivity index (χ0v) is 9.85. The van der Waals surface area contributed by atoms with Crippen molar-refractivity contribution >= 4 is 15.9 Å². The third-order valence-electron chi connectivity index (χ3n) is 2.26. The Morgan fingerprint density at radius 3 is 2.87 bits per heavy atom. The van der Waals surface area contributed by atoms with Crippen LogP contribution in [0.15, 0.2) is 35.2 Å². The minimum atomic E-state index is -0.192. The van der Waals surface area contributed by atoms with E-state index in [1.165, 1.54) is 0 Å². The second kappa shape index (κ2) is 4.12. The van der Waals surface area contributed by atoms with Crippen molar-refractivity contribution in [1.29, 1.82) is 0 Å². The number of halogens is 1. The van der Waals surface area contributed by atoms with Gasteiger partial charge in [0.05, 0.1) is 11.7 Å². The molecule has 2 heterocycles. The van der Waals surface area contributed by atoms with Gasteiger partial charge in [-0.15, -0.1) is 0 Å². The molecular formula is C10H11BrN4. The Morgan fingerprint density at radius 2 is 2.27 bits per heavy atom. The highest BCUT2D eigenvalue weighted by Gasteiger charge is 2.12. The van der Waals surface area contributed by atoms with Crippen molar-refractivity contribution in [2.75, 3.05) is 0 Å². The van der Waals surface area contributed by atoms with E-state index in [1.807, 2.05) is 19.2 Å². The van der Waals surface area contributed by atoms with Crippen LogP contribution in [0.25, 0.3) is 0 Å². The van der Waals surface area contributed by atoms with Gasteiger partial charge in [0.15, 0.2) is 0 Å². The van der Waals surface area contributed by atoms with Crippen molar-refractivity contribution in [3.8, 4) is 0 Å². The van der Waals surface area contributed by atoms with Crippen LogP contribution in [0.5, 0.6) is 0 Å². The molecule has 0 aromatic carbocycles. The van der Waals surface area contributed by atoms with E-state index in [0.717, 1.165) is 15.7 Å². The van der Waals surface area contributed by atoms with Gasteiger partial charge in [0.25, 0.3) is 0 Å². The Hall–Kier alpha value is -1.20. The van der Waals surface area contributed by atoms with E-state index in [1.54, 1.807) is 23.3 Å². The van der Waals surface area contributed by atoms with Crippen LogP contribution in [0.4, 0.5) is 0 Å². The highest BCUT2D eigenvalue weighted by molar-refractivity contribution is 9.10. The number of nitrogens with zero attached hydrogens (tertiary/aromatic N) is 3. The second-order valence-electron chi connectivity index (χ2n) is 3.29. The van der Waals surface area contributed by atoms with E-state index in [4.69, 9.17) is 5.73 Å². The summed E-state index contributed by atoms with van der Waals surface area (Å²) >= 11 is 3.37. The molecule has 1 atom stereocenters. The van der Waals surface area contributed by atoms with Crippen LogP contribution in [0.2, 0.25) is 0 Å². The Kier molecular flexibility index (Phi) is 2.83. The first-order valence-electron chi connectivity index (χ1n) is 4.52. The molecule has 5 heteroatoms. The van der Waals surface area contributed by atoms with Gasteiger partial charge in [-0.1, -0.05) is 0 Å². The molecule has 2 N–H and O–H groups in total. The molecule has 78 valence electrons. The summed E-state index contributed by atoms with van der Waals surface area (Å²) in [5.74, 6) is 0. The normalized spacial score (nSPS) is 12.7. The monoisotopic (exact) mass is 266 g/mol. The zero-order valence-electron chi connectivity index (χ0n) is 8.26. The lowest BCUT2D eigenvalue weighted by atomic mass is 10.1. The minimum Gasteiger partial charge on any atom is -0.319 e. The van der Waals surface area contributed by atoms with Crippen molar-refractivity contribution in [3.63, 3.8) is 0 Å². The zero-order chi connectivity index (χ0) is 10.8. The number of hydrogen-bond donors (Lipinski definition) is 1. The van der Waals surface area contributed by atoms with Gasteiger partial charge in [0.1, 0.15) is 0 Å². The van der Waals surface area contributed by atoms with Crippen molar-refractivity contribution in [1.82, 2.24) is 14.8 Å². The fourth-order valence-electron chi connectivity index (χ4n) is 1.46. The highest BCUT2D eigenvalue weighted by Crippen LogP contribution is 2.20. The fraction of sp³-hybridized carbons (Fsp3) is 0.200. The lowest BCUT2D eigenvalue weighted by Gasteiger charge is -2.12. The molecule has 0 aliphatic rings. The lowest BCUT2D eigenvalue weighted by molar-refractivity contribution is 0.672. The van der Waals surface area contributed by atoms with E-state index in [2.05, 4.69) is 26.0 Å². The molecule has 1 unspecified atom stereocenters. The molecule has 0 bridgehead atoms. The standard InChI is InChI=1S/C10H11BrN4/c1-15-9(2-3-14-15)10(12)7-4-8(11)6-13-5-7/h2-6,10H,12H2,1H3. The maximum absolute atomic E-state index is 6.11. The summed E-state index contributed by atoms with van der Waals surface area (Å²) in [6.07, 6.45) is 5.24. The number of hydrogen-bond acceptors (Lipinski definition) is 3. The summed E-state index contributed by atoms with van der Waals surface area (Å²) < 4.78 is 2.70. The number of rotatable bonds is 2. The summed E-state index contributed by atoms with van der Waals surface area (Å²) in [6, 6.07) is 3.68. The number of aromatic nitrogens is 3. The Morgan fingerprint density at radius 1 is 1.47 bits per heavy atom. The topological polar surface area (TPSA) is 56.7 Å². The van der Waals surface area contributed by atoms with Gasteiger partial charge in [-0.3, -0.25) is 9.67 Å². The molecule has 2 rings (SSSR count). The third-order valence-corrected chi connectivity index (χ3v) is 2.70. The van der Waals surface area contributed by atoms with Crippen LogP contribution in [0, 0.1) is 0 Å². The van der Waals surface area contributed by atoms with E-state index in [0.29, 0.717) is 0 Å². The molecule has 4 nitrogen and oxygen atoms in total. The summed E-state index contributed by atoms with van der Waals surface area (Å²) in [4.78, 5) is 4.09. The van der Waals surface area contributed by atoms with E-state index in [-0.39, 0.29) is 6.04 Å². The molecule has 0 amide bonds. The molecule has 0 saturated heterocycles. The summed E-state index contributed by atoms with van der Waals surface area (Å²) in [5, 5.41) is 4.09. The smallest absolute Gasteiger partial charge is 0.0738 e. The fourth-order valence-corrected chi connectivity index (χ4v) is 1.84. The van der Waals surface area contributed by atoms with Gasteiger partial charge in [-0.05, 0) is 33.6 Å². The van der Waals surface area contributed by atoms with Crippen molar-refractivity contribution in [2.45, 2.75) is 6.04 Å². The molecule has 0 saturated carbocycles. The third kappa shape index (κ3) is 2.08. The quantitative estimate of drug-likeness (QED) is 0.899. The molecule has 0 spiro atoms. The Labute approximate surface area is 96.3 Å². The molecule has 0 fully saturated rings. The van der Waals surface area contributed by atoms with E-state index >= 15 is 0 Å². The average Bonchev–Trinajstić information content (AvgIpc) is 2.63. The number of pyridine rings is 1. The molecule has 0 aliphatic heterocycles. The van der Waals surface area contributed by atoms with Crippen LogP contribution in [0.3, 0.4) is 0 Å². The number of nitrogens with two attached hydrogens (primary N) is 1. The van der Waals surface area contributed by atoms with Gasteiger partial charge < -0.3 is 5.73 Å². The van der Waals surface area contributed by atoms with Gasteiger partial charge in [0, 0.05) is 30.1 Å². The van der Waals surface area contributed by atoms with E-state index < -0.39 is 0 Å². The molecule has 0 radical (unpaired) electrons. The summed E-state index contributed by atoms with van der Waals surface area (Å²) in [5.41, 5.74) is 8.04. The predicted octanol–water partition coefficient (Wildman–Crippen LogP) is 1.63. The number of aryl methyl sites for hydroxylation is 1. The predicted molar refractivity (Wildman–Crippen MR) is 61.2 cm³/mol. The van der Waals surface area contributed by atoms with Crippen LogP contribution in [-0.2, 0) is 7.05 Å². The first-order chi connectivity index (χ1) is 7.18. The van der Waals surface area contributed by atoms with Gasteiger partial charge in [0.2, 0.25) is 0 Å². The van der Waals surface area contributed by atoms with E-state index in [9.17, 15) is 0 Å². The molecule has 2 aromatic rings. The van der Waals surface area contributed by atoms with Gasteiger partial charge in [-0.2, -0.15) is 5.10 Å². The first kappa shape index (κ1) is 10.3. The van der Waals surface area contributed by atoms with Crippen LogP contribution in [0.1, 0.15) is 17.3 Å². The summed E-state index contributed by atoms with van der Waals surface area (Å²) in [7, 11) is 1.88. The highest BCUT2D eigenvalue weighted by atomic mass is 79.9. The SMILES string of the molecule is Cn1nccc1C(N)c1cncc(Br)c1. The largest absolute Gasteiger partial charge is 0.319 e. The summed E-state index contributed by atoms with van der Waals surface area (Å²) in [6.45, 7) is 0. The molecule has 0 aliphatic carbocycles. The van der Waals surface area contributed by atoms with Crippen molar-refractivity contribution in [2.24, 2.45) is 12.8 Å². The Bertz CT molecular complexity index is 466. The van der Waals surface area contributed by atoms with Crippen molar-refractivity contribution < 1.29 is 0 Å². The Balaban J connectivity index is 2.36. The van der Waals surface area contributed by atoms with Gasteiger partial charge >= 0.3 is 0 Å². The van der Waals surface area contributed by atoms with Crippen LogP contribution >= 0.6 is 15.9 Å². The van der Waals surface area contributed by atoms with Gasteiger partial charge in [-0.25, -0.2) is 0 Å². The lowest BCUT2D eigenvalue weighted by Crippen LogP contribution is -2.16. The van der Waals surface area contributed by atoms with Crippen LogP contribution in [-0.4, -0.2) is 14.8 Å². The second-order valence-corrected chi connectivity index (χ2v) is 4.21. The molecule has 2 aromatic heterocycles. The van der Waals surface area contributed by atoms with Crippen molar-refractivity contribution in [3.05, 3.63) is 46.5 Å².